The summed E-state index contributed by atoms with van der Waals surface area (Å²) in [6.07, 6.45) is 10.7. The van der Waals surface area contributed by atoms with Gasteiger partial charge < -0.3 is 26.0 Å². The van der Waals surface area contributed by atoms with Gasteiger partial charge >= 0.3 is 5.97 Å². The molecule has 0 radical (unpaired) electrons. The quantitative estimate of drug-likeness (QED) is 0.328. The van der Waals surface area contributed by atoms with Crippen molar-refractivity contribution >= 4 is 23.8 Å². The van der Waals surface area contributed by atoms with Crippen LogP contribution in [0.5, 0.6) is 0 Å². The summed E-state index contributed by atoms with van der Waals surface area (Å²) in [5.41, 5.74) is 1.33. The first-order valence-electron chi connectivity index (χ1n) is 12.8. The summed E-state index contributed by atoms with van der Waals surface area (Å²) in [5, 5.41) is 17.1. The van der Waals surface area contributed by atoms with Crippen LogP contribution in [0, 0.1) is 5.92 Å². The van der Waals surface area contributed by atoms with E-state index in [9.17, 15) is 9.18 Å². The van der Waals surface area contributed by atoms with Crippen LogP contribution in [0.1, 0.15) is 59.8 Å². The topological polar surface area (TPSA) is 98.8 Å². The van der Waals surface area contributed by atoms with Crippen molar-refractivity contribution in [3.63, 3.8) is 0 Å². The molecular weight excluding hydrogens is 483 g/mol. The highest BCUT2D eigenvalue weighted by atomic mass is 35.5. The summed E-state index contributed by atoms with van der Waals surface area (Å²) in [4.78, 5) is 16.7. The molecule has 5 unspecified atom stereocenters. The van der Waals surface area contributed by atoms with Gasteiger partial charge in [0.1, 0.15) is 23.8 Å². The summed E-state index contributed by atoms with van der Waals surface area (Å²) in [7, 11) is 0. The first-order valence-corrected chi connectivity index (χ1v) is 13.2. The molecule has 1 fully saturated rings. The normalized spacial score (nSPS) is 30.7. The van der Waals surface area contributed by atoms with Gasteiger partial charge in [0.25, 0.3) is 0 Å². The minimum atomic E-state index is -0.625. The number of esters is 1. The molecule has 3 heterocycles. The van der Waals surface area contributed by atoms with E-state index in [4.69, 9.17) is 16.3 Å². The van der Waals surface area contributed by atoms with Gasteiger partial charge in [-0.05, 0) is 59.1 Å². The molecule has 0 spiro atoms. The average Bonchev–Trinajstić information content (AvgIpc) is 3.22. The third kappa shape index (κ3) is 6.89. The molecule has 0 bridgehead atoms. The molecule has 4 aliphatic rings. The summed E-state index contributed by atoms with van der Waals surface area (Å²) in [6.45, 7) is 8.31. The fraction of sp³-hybridized carbons (Fsp3) is 0.615. The Morgan fingerprint density at radius 3 is 2.86 bits per heavy atom. The highest BCUT2D eigenvalue weighted by molar-refractivity contribution is 6.31. The Morgan fingerprint density at radius 2 is 2.08 bits per heavy atom. The van der Waals surface area contributed by atoms with Crippen molar-refractivity contribution in [2.45, 2.75) is 89.8 Å². The van der Waals surface area contributed by atoms with E-state index in [1.165, 1.54) is 6.20 Å². The molecule has 0 aromatic heterocycles. The minimum absolute atomic E-state index is 0.155. The predicted molar refractivity (Wildman–Crippen MR) is 141 cm³/mol. The van der Waals surface area contributed by atoms with Gasteiger partial charge in [-0.3, -0.25) is 15.1 Å². The second-order valence-electron chi connectivity index (χ2n) is 10.9. The van der Waals surface area contributed by atoms with Crippen molar-refractivity contribution in [3.8, 4) is 0 Å². The monoisotopic (exact) mass is 520 g/mol. The molecular formula is C26H38ClFN6O2. The Labute approximate surface area is 217 Å². The molecule has 8 nitrogen and oxygen atoms in total. The van der Waals surface area contributed by atoms with Crippen molar-refractivity contribution in [1.29, 1.82) is 0 Å². The van der Waals surface area contributed by atoms with Crippen molar-refractivity contribution < 1.29 is 13.9 Å². The minimum Gasteiger partial charge on any atom is -0.460 e. The number of hydrogen-bond donors (Lipinski definition) is 5. The van der Waals surface area contributed by atoms with E-state index in [0.29, 0.717) is 16.9 Å². The van der Waals surface area contributed by atoms with Crippen molar-refractivity contribution in [2.75, 3.05) is 6.54 Å². The van der Waals surface area contributed by atoms with Crippen molar-refractivity contribution in [2.24, 2.45) is 10.9 Å². The van der Waals surface area contributed by atoms with Gasteiger partial charge in [0.15, 0.2) is 5.83 Å². The lowest BCUT2D eigenvalue weighted by molar-refractivity contribution is -0.159. The standard InChI is InChI=1S/C26H38ClFN6O2/c1-15(25(35)36-26(2,3)4)8-9-29-17-6-5-7-18(11-17)33-24-21(28)14-32-23(34-24)20-13-31-22-19(20)10-16(27)12-30-22/h10,12-15,17-18,22,24,29-30,32-34H,5-9,11H2,1-4H3. The van der Waals surface area contributed by atoms with E-state index in [0.717, 1.165) is 49.8 Å². The van der Waals surface area contributed by atoms with Gasteiger partial charge in [-0.2, -0.15) is 0 Å². The number of ether oxygens (including phenoxy) is 1. The van der Waals surface area contributed by atoms with Crippen LogP contribution < -0.4 is 26.6 Å². The zero-order valence-corrected chi connectivity index (χ0v) is 22.2. The number of nitrogens with zero attached hydrogens (tertiary/aromatic N) is 1. The predicted octanol–water partition coefficient (Wildman–Crippen LogP) is 3.41. The lowest BCUT2D eigenvalue weighted by Crippen LogP contribution is -2.54. The van der Waals surface area contributed by atoms with Crippen LogP contribution in [-0.4, -0.2) is 48.7 Å². The molecule has 0 aromatic rings. The van der Waals surface area contributed by atoms with Crippen LogP contribution in [0.3, 0.4) is 0 Å². The molecule has 0 saturated heterocycles. The number of aliphatic imine (C=N–C) groups is 1. The van der Waals surface area contributed by atoms with E-state index < -0.39 is 11.8 Å². The molecule has 1 saturated carbocycles. The van der Waals surface area contributed by atoms with Crippen LogP contribution >= 0.6 is 11.6 Å². The Morgan fingerprint density at radius 1 is 1.31 bits per heavy atom. The number of carbonyl (C=O) groups is 1. The number of rotatable bonds is 7. The van der Waals surface area contributed by atoms with Crippen LogP contribution in [0.25, 0.3) is 0 Å². The Hall–Kier alpha value is -2.36. The Bertz CT molecular complexity index is 999. The molecule has 36 heavy (non-hydrogen) atoms. The first-order chi connectivity index (χ1) is 17.1. The zero-order valence-electron chi connectivity index (χ0n) is 21.5. The summed E-state index contributed by atoms with van der Waals surface area (Å²) in [5.74, 6) is 0.0905. The van der Waals surface area contributed by atoms with Gasteiger partial charge in [0.05, 0.1) is 11.0 Å². The highest BCUT2D eigenvalue weighted by Crippen LogP contribution is 2.29. The van der Waals surface area contributed by atoms with E-state index in [2.05, 4.69) is 31.6 Å². The molecule has 0 amide bonds. The van der Waals surface area contributed by atoms with Crippen LogP contribution in [-0.2, 0) is 9.53 Å². The van der Waals surface area contributed by atoms with Crippen molar-refractivity contribution in [3.05, 3.63) is 46.3 Å². The molecule has 3 aliphatic heterocycles. The lowest BCUT2D eigenvalue weighted by atomic mass is 9.90. The fourth-order valence-corrected chi connectivity index (χ4v) is 5.02. The SMILES string of the molecule is CC(CCNC1CCCC(NC2NC(=C3C=NC4NC=C(Cl)C=C34)NC=C2F)C1)C(=O)OC(C)(C)C. The summed E-state index contributed by atoms with van der Waals surface area (Å²) >= 11 is 6.17. The molecule has 1 aliphatic carbocycles. The highest BCUT2D eigenvalue weighted by Gasteiger charge is 2.31. The third-order valence-electron chi connectivity index (χ3n) is 6.72. The molecule has 10 heteroatoms. The van der Waals surface area contributed by atoms with Crippen LogP contribution in [0.15, 0.2) is 51.3 Å². The van der Waals surface area contributed by atoms with Crippen LogP contribution in [0.4, 0.5) is 4.39 Å². The lowest BCUT2D eigenvalue weighted by Gasteiger charge is -2.35. The Kier molecular flexibility index (Phi) is 8.42. The van der Waals surface area contributed by atoms with Crippen molar-refractivity contribution in [1.82, 2.24) is 26.6 Å². The third-order valence-corrected chi connectivity index (χ3v) is 6.93. The van der Waals surface area contributed by atoms with Gasteiger partial charge in [0.2, 0.25) is 0 Å². The zero-order chi connectivity index (χ0) is 25.9. The number of fused-ring (bicyclic) bond motifs is 1. The summed E-state index contributed by atoms with van der Waals surface area (Å²) in [6, 6.07) is 0.488. The Balaban J connectivity index is 1.29. The van der Waals surface area contributed by atoms with Gasteiger partial charge in [-0.15, -0.1) is 0 Å². The second-order valence-corrected chi connectivity index (χ2v) is 11.4. The van der Waals surface area contributed by atoms with Gasteiger partial charge in [-0.25, -0.2) is 4.39 Å². The maximum absolute atomic E-state index is 14.7. The molecule has 4 rings (SSSR count). The number of nitrogens with one attached hydrogen (secondary N) is 5. The number of dihydropyridines is 1. The maximum atomic E-state index is 14.7. The molecule has 198 valence electrons. The smallest absolute Gasteiger partial charge is 0.309 e. The largest absolute Gasteiger partial charge is 0.460 e. The second kappa shape index (κ2) is 11.4. The number of allylic oxidation sites excluding steroid dienone is 2. The van der Waals surface area contributed by atoms with Crippen LogP contribution in [0.2, 0.25) is 0 Å². The molecule has 5 N–H and O–H groups in total. The first kappa shape index (κ1) is 26.7. The van der Waals surface area contributed by atoms with E-state index >= 15 is 0 Å². The molecule has 0 aromatic carbocycles. The van der Waals surface area contributed by atoms with Gasteiger partial charge in [0, 0.05) is 41.8 Å². The average molecular weight is 521 g/mol. The number of halogens is 2. The van der Waals surface area contributed by atoms with E-state index in [-0.39, 0.29) is 29.9 Å². The maximum Gasteiger partial charge on any atom is 0.309 e. The fourth-order valence-electron chi connectivity index (χ4n) is 4.84. The van der Waals surface area contributed by atoms with E-state index in [1.54, 1.807) is 12.4 Å². The van der Waals surface area contributed by atoms with Gasteiger partial charge in [-0.1, -0.05) is 24.9 Å². The molecule has 5 atom stereocenters. The number of hydrogen-bond acceptors (Lipinski definition) is 8. The summed E-state index contributed by atoms with van der Waals surface area (Å²) < 4.78 is 20.2. The number of carbonyl (C=O) groups excluding carboxylic acids is 1. The van der Waals surface area contributed by atoms with E-state index in [1.807, 2.05) is 33.8 Å².